The van der Waals surface area contributed by atoms with Crippen molar-refractivity contribution in [3.05, 3.63) is 33.2 Å². The third-order valence-electron chi connectivity index (χ3n) is 1.92. The Labute approximate surface area is 101 Å². The van der Waals surface area contributed by atoms with Gasteiger partial charge in [-0.15, -0.1) is 0 Å². The molecule has 0 fully saturated rings. The minimum atomic E-state index is -0.242. The molecule has 0 aliphatic carbocycles. The van der Waals surface area contributed by atoms with Crippen LogP contribution in [0.2, 0.25) is 0 Å². The Kier molecular flexibility index (Phi) is 5.21. The van der Waals surface area contributed by atoms with Crippen LogP contribution in [0.3, 0.4) is 0 Å². The molecule has 0 aliphatic rings. The first kappa shape index (κ1) is 12.9. The molecule has 0 saturated heterocycles. The predicted octanol–water partition coefficient (Wildman–Crippen LogP) is 0.109. The van der Waals surface area contributed by atoms with Gasteiger partial charge in [-0.3, -0.25) is 9.59 Å². The van der Waals surface area contributed by atoms with Gasteiger partial charge < -0.3 is 15.0 Å². The van der Waals surface area contributed by atoms with Gasteiger partial charge in [0.05, 0.1) is 0 Å². The van der Waals surface area contributed by atoms with Crippen molar-refractivity contribution in [2.24, 2.45) is 0 Å². The molecule has 2 N–H and O–H groups in total. The SMILES string of the molecule is O=C(Cn1cc(Br)ccc1=O)NCCCO. The summed E-state index contributed by atoms with van der Waals surface area (Å²) in [7, 11) is 0. The van der Waals surface area contributed by atoms with Gasteiger partial charge >= 0.3 is 0 Å². The van der Waals surface area contributed by atoms with Gasteiger partial charge in [0.15, 0.2) is 0 Å². The van der Waals surface area contributed by atoms with Crippen LogP contribution in [0.15, 0.2) is 27.6 Å². The number of hydrogen-bond donors (Lipinski definition) is 2. The summed E-state index contributed by atoms with van der Waals surface area (Å²) >= 11 is 3.23. The van der Waals surface area contributed by atoms with E-state index in [1.165, 1.54) is 10.6 Å². The fourth-order valence-electron chi connectivity index (χ4n) is 1.14. The maximum absolute atomic E-state index is 11.4. The summed E-state index contributed by atoms with van der Waals surface area (Å²) in [5.74, 6) is -0.242. The molecule has 0 bridgehead atoms. The number of nitrogens with zero attached hydrogens (tertiary/aromatic N) is 1. The number of pyridine rings is 1. The van der Waals surface area contributed by atoms with Crippen molar-refractivity contribution in [2.75, 3.05) is 13.2 Å². The van der Waals surface area contributed by atoms with E-state index >= 15 is 0 Å². The van der Waals surface area contributed by atoms with Crippen molar-refractivity contribution < 1.29 is 9.90 Å². The quantitative estimate of drug-likeness (QED) is 0.756. The number of aliphatic hydroxyl groups excluding tert-OH is 1. The van der Waals surface area contributed by atoms with E-state index in [9.17, 15) is 9.59 Å². The molecule has 1 aromatic rings. The van der Waals surface area contributed by atoms with E-state index in [2.05, 4.69) is 21.2 Å². The summed E-state index contributed by atoms with van der Waals surface area (Å²) in [6.07, 6.45) is 2.08. The molecule has 88 valence electrons. The normalized spacial score (nSPS) is 10.1. The molecule has 0 aliphatic heterocycles. The molecule has 1 aromatic heterocycles. The minimum absolute atomic E-state index is 0.0102. The van der Waals surface area contributed by atoms with Gasteiger partial charge in [-0.05, 0) is 28.4 Å². The third-order valence-corrected chi connectivity index (χ3v) is 2.39. The highest BCUT2D eigenvalue weighted by Crippen LogP contribution is 2.04. The summed E-state index contributed by atoms with van der Waals surface area (Å²) in [5, 5.41) is 11.1. The lowest BCUT2D eigenvalue weighted by Crippen LogP contribution is -2.32. The molecular weight excluding hydrogens is 276 g/mol. The summed E-state index contributed by atoms with van der Waals surface area (Å²) in [5.41, 5.74) is -0.222. The zero-order valence-electron chi connectivity index (χ0n) is 8.65. The van der Waals surface area contributed by atoms with Crippen LogP contribution in [0.25, 0.3) is 0 Å². The maximum Gasteiger partial charge on any atom is 0.251 e. The zero-order valence-corrected chi connectivity index (χ0v) is 10.2. The second kappa shape index (κ2) is 6.44. The lowest BCUT2D eigenvalue weighted by molar-refractivity contribution is -0.121. The average Bonchev–Trinajstić information content (AvgIpc) is 2.24. The van der Waals surface area contributed by atoms with Gasteiger partial charge in [0.1, 0.15) is 6.54 Å². The Morgan fingerprint density at radius 1 is 1.50 bits per heavy atom. The van der Waals surface area contributed by atoms with Crippen LogP contribution < -0.4 is 10.9 Å². The largest absolute Gasteiger partial charge is 0.396 e. The van der Waals surface area contributed by atoms with Crippen molar-refractivity contribution in [3.63, 3.8) is 0 Å². The summed E-state index contributed by atoms with van der Waals surface area (Å²) in [6, 6.07) is 3.02. The van der Waals surface area contributed by atoms with Gasteiger partial charge in [0, 0.05) is 29.9 Å². The lowest BCUT2D eigenvalue weighted by atomic mass is 10.4. The summed E-state index contributed by atoms with van der Waals surface area (Å²) < 4.78 is 2.06. The number of carbonyl (C=O) groups is 1. The van der Waals surface area contributed by atoms with Crippen LogP contribution in [0, 0.1) is 0 Å². The van der Waals surface area contributed by atoms with E-state index in [0.29, 0.717) is 13.0 Å². The van der Waals surface area contributed by atoms with Crippen LogP contribution in [0.4, 0.5) is 0 Å². The first-order valence-corrected chi connectivity index (χ1v) is 5.66. The van der Waals surface area contributed by atoms with Crippen LogP contribution in [0.5, 0.6) is 0 Å². The summed E-state index contributed by atoms with van der Waals surface area (Å²) in [6.45, 7) is 0.443. The van der Waals surface area contributed by atoms with Crippen LogP contribution >= 0.6 is 15.9 Å². The van der Waals surface area contributed by atoms with Crippen LogP contribution in [-0.4, -0.2) is 28.7 Å². The van der Waals surface area contributed by atoms with Gasteiger partial charge in [-0.1, -0.05) is 0 Å². The van der Waals surface area contributed by atoms with Crippen molar-refractivity contribution in [2.45, 2.75) is 13.0 Å². The maximum atomic E-state index is 11.4. The van der Waals surface area contributed by atoms with Crippen LogP contribution in [-0.2, 0) is 11.3 Å². The Bertz CT molecular complexity index is 417. The Morgan fingerprint density at radius 3 is 2.94 bits per heavy atom. The van der Waals surface area contributed by atoms with Gasteiger partial charge in [-0.25, -0.2) is 0 Å². The van der Waals surface area contributed by atoms with E-state index in [4.69, 9.17) is 5.11 Å². The van der Waals surface area contributed by atoms with Crippen LogP contribution in [0.1, 0.15) is 6.42 Å². The molecule has 5 nitrogen and oxygen atoms in total. The average molecular weight is 289 g/mol. The topological polar surface area (TPSA) is 71.3 Å². The zero-order chi connectivity index (χ0) is 12.0. The van der Waals surface area contributed by atoms with E-state index in [1.807, 2.05) is 0 Å². The lowest BCUT2D eigenvalue weighted by Gasteiger charge is -2.06. The van der Waals surface area contributed by atoms with E-state index in [-0.39, 0.29) is 24.6 Å². The molecule has 16 heavy (non-hydrogen) atoms. The molecule has 6 heteroatoms. The highest BCUT2D eigenvalue weighted by atomic mass is 79.9. The number of rotatable bonds is 5. The first-order chi connectivity index (χ1) is 7.63. The monoisotopic (exact) mass is 288 g/mol. The smallest absolute Gasteiger partial charge is 0.251 e. The standard InChI is InChI=1S/C10H13BrN2O3/c11-8-2-3-10(16)13(6-8)7-9(15)12-4-1-5-14/h2-3,6,14H,1,4-5,7H2,(H,12,15). The van der Waals surface area contributed by atoms with Crippen molar-refractivity contribution in [3.8, 4) is 0 Å². The first-order valence-electron chi connectivity index (χ1n) is 4.87. The highest BCUT2D eigenvalue weighted by molar-refractivity contribution is 9.10. The van der Waals surface area contributed by atoms with Gasteiger partial charge in [-0.2, -0.15) is 0 Å². The summed E-state index contributed by atoms with van der Waals surface area (Å²) in [4.78, 5) is 22.7. The van der Waals surface area contributed by atoms with Crippen molar-refractivity contribution >= 4 is 21.8 Å². The third kappa shape index (κ3) is 4.16. The number of carbonyl (C=O) groups excluding carboxylic acids is 1. The van der Waals surface area contributed by atoms with E-state index in [1.54, 1.807) is 12.3 Å². The number of aromatic nitrogens is 1. The molecule has 1 heterocycles. The Balaban J connectivity index is 2.56. The molecular formula is C10H13BrN2O3. The minimum Gasteiger partial charge on any atom is -0.396 e. The van der Waals surface area contributed by atoms with Gasteiger partial charge in [0.25, 0.3) is 5.56 Å². The fraction of sp³-hybridized carbons (Fsp3) is 0.400. The molecule has 1 amide bonds. The fourth-order valence-corrected chi connectivity index (χ4v) is 1.52. The number of amides is 1. The van der Waals surface area contributed by atoms with E-state index < -0.39 is 0 Å². The molecule has 0 unspecified atom stereocenters. The van der Waals surface area contributed by atoms with E-state index in [0.717, 1.165) is 4.47 Å². The second-order valence-electron chi connectivity index (χ2n) is 3.24. The number of nitrogens with one attached hydrogen (secondary N) is 1. The van der Waals surface area contributed by atoms with Gasteiger partial charge in [0.2, 0.25) is 5.91 Å². The Hall–Kier alpha value is -1.14. The number of aliphatic hydroxyl groups is 1. The highest BCUT2D eigenvalue weighted by Gasteiger charge is 2.03. The molecule has 0 aromatic carbocycles. The molecule has 0 saturated carbocycles. The number of halogens is 1. The molecule has 0 atom stereocenters. The predicted molar refractivity (Wildman–Crippen MR) is 63.1 cm³/mol. The second-order valence-corrected chi connectivity index (χ2v) is 4.16. The molecule has 0 spiro atoms. The number of hydrogen-bond acceptors (Lipinski definition) is 3. The van der Waals surface area contributed by atoms with Crippen molar-refractivity contribution in [1.29, 1.82) is 0 Å². The molecule has 1 rings (SSSR count). The molecule has 0 radical (unpaired) electrons. The Morgan fingerprint density at radius 2 is 2.25 bits per heavy atom. The van der Waals surface area contributed by atoms with Crippen molar-refractivity contribution in [1.82, 2.24) is 9.88 Å².